The summed E-state index contributed by atoms with van der Waals surface area (Å²) in [5, 5.41) is 19.3. The summed E-state index contributed by atoms with van der Waals surface area (Å²) in [4.78, 5) is 29.1. The number of carbonyl (C=O) groups excluding carboxylic acids is 1. The number of aryl methyl sites for hydroxylation is 1. The maximum absolute atomic E-state index is 13.4. The molecule has 0 unspecified atom stereocenters. The molecule has 4 rings (SSSR count). The standard InChI is InChI=1S/C23H15N3O3/c1-14-4-6-16(10-19(14)23(28)29)22(27)26-20-7-5-15(12-24)9-18(20)11-21(26)17-3-2-8-25-13-17/h2-11,13H,1H3,(H,28,29). The first-order valence-corrected chi connectivity index (χ1v) is 8.84. The molecule has 0 saturated heterocycles. The fourth-order valence-corrected chi connectivity index (χ4v) is 3.34. The predicted octanol–water partition coefficient (Wildman–Crippen LogP) is 4.27. The lowest BCUT2D eigenvalue weighted by Crippen LogP contribution is -2.14. The Balaban J connectivity index is 1.97. The van der Waals surface area contributed by atoms with E-state index in [4.69, 9.17) is 0 Å². The van der Waals surface area contributed by atoms with E-state index in [2.05, 4.69) is 11.1 Å². The molecular formula is C23H15N3O3. The molecule has 1 N–H and O–H groups in total. The van der Waals surface area contributed by atoms with Crippen molar-refractivity contribution >= 4 is 22.8 Å². The highest BCUT2D eigenvalue weighted by Crippen LogP contribution is 2.30. The van der Waals surface area contributed by atoms with Crippen LogP contribution in [0, 0.1) is 18.3 Å². The van der Waals surface area contributed by atoms with Crippen LogP contribution >= 0.6 is 0 Å². The number of carbonyl (C=O) groups is 2. The predicted molar refractivity (Wildman–Crippen MR) is 108 cm³/mol. The zero-order chi connectivity index (χ0) is 20.5. The largest absolute Gasteiger partial charge is 0.478 e. The van der Waals surface area contributed by atoms with Gasteiger partial charge in [0.25, 0.3) is 5.91 Å². The molecule has 0 bridgehead atoms. The monoisotopic (exact) mass is 381 g/mol. The highest BCUT2D eigenvalue weighted by Gasteiger charge is 2.20. The van der Waals surface area contributed by atoms with Gasteiger partial charge < -0.3 is 5.11 Å². The van der Waals surface area contributed by atoms with Gasteiger partial charge in [0.2, 0.25) is 0 Å². The van der Waals surface area contributed by atoms with Crippen LogP contribution < -0.4 is 0 Å². The molecular weight excluding hydrogens is 366 g/mol. The molecule has 0 aliphatic rings. The van der Waals surface area contributed by atoms with Crippen molar-refractivity contribution in [3.63, 3.8) is 0 Å². The number of aromatic nitrogens is 2. The van der Waals surface area contributed by atoms with E-state index in [9.17, 15) is 20.0 Å². The van der Waals surface area contributed by atoms with E-state index in [0.29, 0.717) is 22.3 Å². The van der Waals surface area contributed by atoms with Crippen molar-refractivity contribution in [3.05, 3.63) is 89.2 Å². The van der Waals surface area contributed by atoms with Gasteiger partial charge in [0.05, 0.1) is 28.4 Å². The van der Waals surface area contributed by atoms with Crippen molar-refractivity contribution in [2.75, 3.05) is 0 Å². The van der Waals surface area contributed by atoms with Crippen molar-refractivity contribution in [2.24, 2.45) is 0 Å². The van der Waals surface area contributed by atoms with E-state index >= 15 is 0 Å². The van der Waals surface area contributed by atoms with Crippen LogP contribution in [0.5, 0.6) is 0 Å². The molecule has 0 radical (unpaired) electrons. The summed E-state index contributed by atoms with van der Waals surface area (Å²) in [5.41, 5.74) is 3.40. The van der Waals surface area contributed by atoms with Crippen molar-refractivity contribution in [1.29, 1.82) is 5.26 Å². The lowest BCUT2D eigenvalue weighted by Gasteiger charge is -2.11. The van der Waals surface area contributed by atoms with E-state index in [-0.39, 0.29) is 17.0 Å². The number of rotatable bonds is 3. The first-order chi connectivity index (χ1) is 14.0. The van der Waals surface area contributed by atoms with Crippen LogP contribution in [0.15, 0.2) is 67.0 Å². The number of hydrogen-bond acceptors (Lipinski definition) is 4. The summed E-state index contributed by atoms with van der Waals surface area (Å²) >= 11 is 0. The number of hydrogen-bond donors (Lipinski definition) is 1. The molecule has 0 aliphatic heterocycles. The number of nitriles is 1. The SMILES string of the molecule is Cc1ccc(C(=O)n2c(-c3cccnc3)cc3cc(C#N)ccc32)cc1C(=O)O. The van der Waals surface area contributed by atoms with Gasteiger partial charge in [0, 0.05) is 28.9 Å². The molecule has 6 heteroatoms. The fraction of sp³-hybridized carbons (Fsp3) is 0.0435. The van der Waals surface area contributed by atoms with Crippen molar-refractivity contribution < 1.29 is 14.7 Å². The molecule has 6 nitrogen and oxygen atoms in total. The summed E-state index contributed by atoms with van der Waals surface area (Å²) in [6, 6.07) is 17.3. The molecule has 4 aromatic rings. The van der Waals surface area contributed by atoms with Gasteiger partial charge >= 0.3 is 5.97 Å². The number of carboxylic acid groups (broad SMARTS) is 1. The van der Waals surface area contributed by atoms with Crippen molar-refractivity contribution in [1.82, 2.24) is 9.55 Å². The van der Waals surface area contributed by atoms with Crippen LogP contribution in [0.3, 0.4) is 0 Å². The first-order valence-electron chi connectivity index (χ1n) is 8.84. The summed E-state index contributed by atoms with van der Waals surface area (Å²) in [7, 11) is 0. The third-order valence-corrected chi connectivity index (χ3v) is 4.81. The second-order valence-electron chi connectivity index (χ2n) is 6.63. The van der Waals surface area contributed by atoms with Crippen LogP contribution in [-0.2, 0) is 0 Å². The van der Waals surface area contributed by atoms with Gasteiger partial charge in [0.15, 0.2) is 0 Å². The van der Waals surface area contributed by atoms with Gasteiger partial charge in [-0.05, 0) is 61.0 Å². The quantitative estimate of drug-likeness (QED) is 0.572. The van der Waals surface area contributed by atoms with Crippen molar-refractivity contribution in [2.45, 2.75) is 6.92 Å². The molecule has 0 atom stereocenters. The molecule has 2 aromatic heterocycles. The van der Waals surface area contributed by atoms with Gasteiger partial charge in [0.1, 0.15) is 0 Å². The third kappa shape index (κ3) is 3.15. The van der Waals surface area contributed by atoms with Crippen LogP contribution in [0.25, 0.3) is 22.2 Å². The van der Waals surface area contributed by atoms with Gasteiger partial charge in [-0.25, -0.2) is 4.79 Å². The number of benzene rings is 2. The highest BCUT2D eigenvalue weighted by atomic mass is 16.4. The Kier molecular flexibility index (Phi) is 4.41. The van der Waals surface area contributed by atoms with E-state index in [0.717, 1.165) is 10.9 Å². The Morgan fingerprint density at radius 3 is 2.62 bits per heavy atom. The average Bonchev–Trinajstić information content (AvgIpc) is 3.12. The van der Waals surface area contributed by atoms with E-state index in [1.54, 1.807) is 55.7 Å². The number of pyridine rings is 1. The van der Waals surface area contributed by atoms with Gasteiger partial charge in [-0.3, -0.25) is 14.3 Å². The number of carboxylic acids is 1. The summed E-state index contributed by atoms with van der Waals surface area (Å²) in [6.45, 7) is 1.69. The Labute approximate surface area is 166 Å². The Morgan fingerprint density at radius 1 is 1.10 bits per heavy atom. The molecule has 29 heavy (non-hydrogen) atoms. The lowest BCUT2D eigenvalue weighted by atomic mass is 10.0. The van der Waals surface area contributed by atoms with Crippen LogP contribution in [0.1, 0.15) is 31.8 Å². The third-order valence-electron chi connectivity index (χ3n) is 4.81. The second kappa shape index (κ2) is 7.06. The van der Waals surface area contributed by atoms with Gasteiger partial charge in [-0.15, -0.1) is 0 Å². The summed E-state index contributed by atoms with van der Waals surface area (Å²) in [6.07, 6.45) is 3.30. The van der Waals surface area contributed by atoms with E-state index in [1.165, 1.54) is 10.6 Å². The lowest BCUT2D eigenvalue weighted by molar-refractivity contribution is 0.0696. The summed E-state index contributed by atoms with van der Waals surface area (Å²) < 4.78 is 1.53. The molecule has 0 saturated carbocycles. The van der Waals surface area contributed by atoms with Gasteiger partial charge in [-0.2, -0.15) is 5.26 Å². The van der Waals surface area contributed by atoms with Crippen molar-refractivity contribution in [3.8, 4) is 17.3 Å². The molecule has 2 heterocycles. The number of nitrogens with zero attached hydrogens (tertiary/aromatic N) is 3. The maximum Gasteiger partial charge on any atom is 0.335 e. The van der Waals surface area contributed by atoms with Crippen LogP contribution in [-0.4, -0.2) is 26.5 Å². The highest BCUT2D eigenvalue weighted by molar-refractivity contribution is 6.07. The van der Waals surface area contributed by atoms with Crippen LogP contribution in [0.2, 0.25) is 0 Å². The Bertz CT molecular complexity index is 1310. The zero-order valence-electron chi connectivity index (χ0n) is 15.5. The molecule has 0 spiro atoms. The Morgan fingerprint density at radius 2 is 1.93 bits per heavy atom. The smallest absolute Gasteiger partial charge is 0.335 e. The molecule has 0 aliphatic carbocycles. The molecule has 140 valence electrons. The summed E-state index contributed by atoms with van der Waals surface area (Å²) in [5.74, 6) is -1.44. The number of aromatic carboxylic acids is 1. The first kappa shape index (κ1) is 18.1. The van der Waals surface area contributed by atoms with Crippen LogP contribution in [0.4, 0.5) is 0 Å². The van der Waals surface area contributed by atoms with E-state index in [1.807, 2.05) is 12.1 Å². The number of fused-ring (bicyclic) bond motifs is 1. The molecule has 0 fully saturated rings. The molecule has 0 amide bonds. The normalized spacial score (nSPS) is 10.6. The van der Waals surface area contributed by atoms with Gasteiger partial charge in [-0.1, -0.05) is 6.07 Å². The minimum absolute atomic E-state index is 0.0852. The zero-order valence-corrected chi connectivity index (χ0v) is 15.5. The molecule has 2 aromatic carbocycles. The Hall–Kier alpha value is -4.24. The van der Waals surface area contributed by atoms with E-state index < -0.39 is 5.97 Å². The second-order valence-corrected chi connectivity index (χ2v) is 6.63. The minimum atomic E-state index is -1.08. The fourth-order valence-electron chi connectivity index (χ4n) is 3.34. The minimum Gasteiger partial charge on any atom is -0.478 e. The maximum atomic E-state index is 13.4. The average molecular weight is 381 g/mol. The topological polar surface area (TPSA) is 96.0 Å².